The molecule has 1 unspecified atom stereocenters. The highest BCUT2D eigenvalue weighted by atomic mass is 35.5. The van der Waals surface area contributed by atoms with Gasteiger partial charge in [-0.15, -0.1) is 0 Å². The second-order valence-corrected chi connectivity index (χ2v) is 6.29. The smallest absolute Gasteiger partial charge is 0.0483 e. The maximum atomic E-state index is 6.29. The molecule has 5 heteroatoms. The van der Waals surface area contributed by atoms with Gasteiger partial charge in [0.05, 0.1) is 0 Å². The second kappa shape index (κ2) is 7.62. The van der Waals surface area contributed by atoms with Gasteiger partial charge in [0.25, 0.3) is 0 Å². The van der Waals surface area contributed by atoms with Gasteiger partial charge in [-0.3, -0.25) is 4.90 Å². The number of rotatable bonds is 6. The van der Waals surface area contributed by atoms with Gasteiger partial charge in [-0.25, -0.2) is 0 Å². The number of hydrogen-bond donors (Lipinski definition) is 1. The standard InChI is InChI=1S/C15H23Cl2N3/c1-19(8-9-20-6-2-3-7-20)15(11-18)13-10-12(16)4-5-14(13)17/h4-5,10,15H,2-3,6-9,11,18H2,1H3. The minimum Gasteiger partial charge on any atom is -0.329 e. The van der Waals surface area contributed by atoms with Gasteiger partial charge in [0.15, 0.2) is 0 Å². The maximum absolute atomic E-state index is 6.29. The van der Waals surface area contributed by atoms with E-state index >= 15 is 0 Å². The van der Waals surface area contributed by atoms with Crippen molar-refractivity contribution >= 4 is 23.2 Å². The van der Waals surface area contributed by atoms with Crippen molar-refractivity contribution in [3.8, 4) is 0 Å². The van der Waals surface area contributed by atoms with Crippen LogP contribution in [0.25, 0.3) is 0 Å². The van der Waals surface area contributed by atoms with E-state index in [1.807, 2.05) is 18.2 Å². The average molecular weight is 316 g/mol. The molecule has 2 N–H and O–H groups in total. The van der Waals surface area contributed by atoms with E-state index in [0.29, 0.717) is 11.6 Å². The van der Waals surface area contributed by atoms with Crippen LogP contribution in [-0.2, 0) is 0 Å². The molecule has 3 nitrogen and oxygen atoms in total. The van der Waals surface area contributed by atoms with E-state index in [0.717, 1.165) is 23.7 Å². The van der Waals surface area contributed by atoms with Crippen molar-refractivity contribution < 1.29 is 0 Å². The van der Waals surface area contributed by atoms with Crippen molar-refractivity contribution in [3.63, 3.8) is 0 Å². The zero-order valence-corrected chi connectivity index (χ0v) is 13.5. The lowest BCUT2D eigenvalue weighted by Gasteiger charge is -2.29. The number of likely N-dealkylation sites (N-methyl/N-ethyl adjacent to an activating group) is 1. The zero-order chi connectivity index (χ0) is 14.5. The second-order valence-electron chi connectivity index (χ2n) is 5.45. The third kappa shape index (κ3) is 4.09. The Morgan fingerprint density at radius 3 is 2.65 bits per heavy atom. The van der Waals surface area contributed by atoms with Gasteiger partial charge < -0.3 is 10.6 Å². The third-order valence-electron chi connectivity index (χ3n) is 4.04. The summed E-state index contributed by atoms with van der Waals surface area (Å²) in [5.74, 6) is 0. The van der Waals surface area contributed by atoms with Crippen molar-refractivity contribution in [1.82, 2.24) is 9.80 Å². The summed E-state index contributed by atoms with van der Waals surface area (Å²) in [4.78, 5) is 4.78. The number of nitrogens with two attached hydrogens (primary N) is 1. The molecule has 0 radical (unpaired) electrons. The lowest BCUT2D eigenvalue weighted by Crippen LogP contribution is -2.36. The van der Waals surface area contributed by atoms with Gasteiger partial charge in [0, 0.05) is 35.7 Å². The van der Waals surface area contributed by atoms with Crippen LogP contribution in [0.5, 0.6) is 0 Å². The highest BCUT2D eigenvalue weighted by Crippen LogP contribution is 2.29. The van der Waals surface area contributed by atoms with Crippen LogP contribution >= 0.6 is 23.2 Å². The Bertz CT molecular complexity index is 433. The van der Waals surface area contributed by atoms with Crippen LogP contribution in [0.1, 0.15) is 24.4 Å². The Hall–Kier alpha value is -0.320. The maximum Gasteiger partial charge on any atom is 0.0483 e. The molecule has 1 aromatic carbocycles. The first-order valence-corrected chi connectivity index (χ1v) is 7.95. The van der Waals surface area contributed by atoms with Crippen LogP contribution in [0.3, 0.4) is 0 Å². The van der Waals surface area contributed by atoms with E-state index in [2.05, 4.69) is 16.8 Å². The molecule has 2 rings (SSSR count). The molecule has 1 aromatic rings. The molecular formula is C15H23Cl2N3. The first-order valence-electron chi connectivity index (χ1n) is 7.19. The SMILES string of the molecule is CN(CCN1CCCC1)C(CN)c1cc(Cl)ccc1Cl. The lowest BCUT2D eigenvalue weighted by molar-refractivity contribution is 0.209. The lowest BCUT2D eigenvalue weighted by atomic mass is 10.1. The number of likely N-dealkylation sites (tertiary alicyclic amines) is 1. The fourth-order valence-electron chi connectivity index (χ4n) is 2.78. The summed E-state index contributed by atoms with van der Waals surface area (Å²) in [6, 6.07) is 5.69. The summed E-state index contributed by atoms with van der Waals surface area (Å²) in [6.07, 6.45) is 2.65. The van der Waals surface area contributed by atoms with Gasteiger partial charge in [0.2, 0.25) is 0 Å². The van der Waals surface area contributed by atoms with Gasteiger partial charge in [-0.1, -0.05) is 23.2 Å². The van der Waals surface area contributed by atoms with Crippen LogP contribution in [-0.4, -0.2) is 49.6 Å². The molecule has 1 atom stereocenters. The number of benzene rings is 1. The summed E-state index contributed by atoms with van der Waals surface area (Å²) in [6.45, 7) is 5.06. The Balaban J connectivity index is 2.00. The summed E-state index contributed by atoms with van der Waals surface area (Å²) in [7, 11) is 2.10. The van der Waals surface area contributed by atoms with E-state index in [-0.39, 0.29) is 6.04 Å². The Kier molecular flexibility index (Phi) is 6.12. The van der Waals surface area contributed by atoms with Crippen molar-refractivity contribution in [1.29, 1.82) is 0 Å². The van der Waals surface area contributed by atoms with E-state index in [1.54, 1.807) is 0 Å². The molecule has 0 bridgehead atoms. The molecule has 0 aliphatic carbocycles. The monoisotopic (exact) mass is 315 g/mol. The topological polar surface area (TPSA) is 32.5 Å². The Labute approximate surface area is 131 Å². The molecular weight excluding hydrogens is 293 g/mol. The predicted molar refractivity (Wildman–Crippen MR) is 86.6 cm³/mol. The molecule has 1 aliphatic heterocycles. The molecule has 1 aliphatic rings. The minimum absolute atomic E-state index is 0.115. The summed E-state index contributed by atoms with van der Waals surface area (Å²) < 4.78 is 0. The van der Waals surface area contributed by atoms with Gasteiger partial charge >= 0.3 is 0 Å². The third-order valence-corrected chi connectivity index (χ3v) is 4.62. The molecule has 1 fully saturated rings. The Morgan fingerprint density at radius 1 is 1.30 bits per heavy atom. The van der Waals surface area contributed by atoms with Crippen LogP contribution in [0.4, 0.5) is 0 Å². The summed E-state index contributed by atoms with van der Waals surface area (Å²) >= 11 is 12.4. The largest absolute Gasteiger partial charge is 0.329 e. The molecule has 20 heavy (non-hydrogen) atoms. The number of halogens is 2. The number of hydrogen-bond acceptors (Lipinski definition) is 3. The van der Waals surface area contributed by atoms with Crippen LogP contribution in [0.15, 0.2) is 18.2 Å². The molecule has 0 saturated carbocycles. The zero-order valence-electron chi connectivity index (χ0n) is 12.0. The quantitative estimate of drug-likeness (QED) is 0.875. The van der Waals surface area contributed by atoms with Crippen LogP contribution in [0.2, 0.25) is 10.0 Å². The average Bonchev–Trinajstić information content (AvgIpc) is 2.94. The molecule has 1 saturated heterocycles. The van der Waals surface area contributed by atoms with E-state index in [4.69, 9.17) is 28.9 Å². The van der Waals surface area contributed by atoms with Gasteiger partial charge in [-0.05, 0) is 56.7 Å². The first kappa shape index (κ1) is 16.1. The molecule has 1 heterocycles. The van der Waals surface area contributed by atoms with Gasteiger partial charge in [-0.2, -0.15) is 0 Å². The van der Waals surface area contributed by atoms with Crippen molar-refractivity contribution in [3.05, 3.63) is 33.8 Å². The molecule has 0 amide bonds. The molecule has 112 valence electrons. The normalized spacial score (nSPS) is 17.9. The van der Waals surface area contributed by atoms with Crippen LogP contribution < -0.4 is 5.73 Å². The van der Waals surface area contributed by atoms with Gasteiger partial charge in [0.1, 0.15) is 0 Å². The predicted octanol–water partition coefficient (Wildman–Crippen LogP) is 3.02. The number of nitrogens with zero attached hydrogens (tertiary/aromatic N) is 2. The summed E-state index contributed by atoms with van der Waals surface area (Å²) in [5, 5.41) is 1.44. The van der Waals surface area contributed by atoms with Crippen molar-refractivity contribution in [2.45, 2.75) is 18.9 Å². The highest BCUT2D eigenvalue weighted by Gasteiger charge is 2.20. The van der Waals surface area contributed by atoms with E-state index < -0.39 is 0 Å². The van der Waals surface area contributed by atoms with Crippen LogP contribution in [0, 0.1) is 0 Å². The first-order chi connectivity index (χ1) is 9.61. The van der Waals surface area contributed by atoms with E-state index in [9.17, 15) is 0 Å². The highest BCUT2D eigenvalue weighted by molar-refractivity contribution is 6.33. The van der Waals surface area contributed by atoms with Crippen molar-refractivity contribution in [2.75, 3.05) is 39.8 Å². The Morgan fingerprint density at radius 2 is 2.00 bits per heavy atom. The molecule has 0 spiro atoms. The summed E-state index contributed by atoms with van der Waals surface area (Å²) in [5.41, 5.74) is 6.97. The van der Waals surface area contributed by atoms with Crippen molar-refractivity contribution in [2.24, 2.45) is 5.73 Å². The fraction of sp³-hybridized carbons (Fsp3) is 0.600. The minimum atomic E-state index is 0.115. The van der Waals surface area contributed by atoms with E-state index in [1.165, 1.54) is 25.9 Å². The fourth-order valence-corrected chi connectivity index (χ4v) is 3.20. The molecule has 0 aromatic heterocycles.